The summed E-state index contributed by atoms with van der Waals surface area (Å²) in [6.45, 7) is 6.24. The molecule has 0 radical (unpaired) electrons. The molecule has 4 rings (SSSR count). The van der Waals surface area contributed by atoms with Gasteiger partial charge in [-0.2, -0.15) is 13.2 Å². The largest absolute Gasteiger partial charge is 0.418 e. The van der Waals surface area contributed by atoms with Crippen molar-refractivity contribution in [1.29, 1.82) is 0 Å². The van der Waals surface area contributed by atoms with Crippen LogP contribution in [0.5, 0.6) is 0 Å². The number of amides is 2. The van der Waals surface area contributed by atoms with Crippen LogP contribution in [0.1, 0.15) is 86.0 Å². The van der Waals surface area contributed by atoms with Crippen LogP contribution in [0.25, 0.3) is 0 Å². The number of nitrogens with zero attached hydrogens (tertiary/aromatic N) is 3. The lowest BCUT2D eigenvalue weighted by Gasteiger charge is -2.44. The third-order valence-electron chi connectivity index (χ3n) is 8.67. The number of benzene rings is 1. The monoisotopic (exact) mass is 589 g/mol. The fourth-order valence-electron chi connectivity index (χ4n) is 6.37. The predicted octanol–water partition coefficient (Wildman–Crippen LogP) is 5.60. The zero-order valence-electron chi connectivity index (χ0n) is 24.5. The molecule has 2 amide bonds. The number of ether oxygens (including phenoxy) is 1. The van der Waals surface area contributed by atoms with Crippen LogP contribution in [-0.4, -0.2) is 70.6 Å². The highest BCUT2D eigenvalue weighted by Gasteiger charge is 2.44. The van der Waals surface area contributed by atoms with Crippen molar-refractivity contribution in [2.75, 3.05) is 32.8 Å². The Morgan fingerprint density at radius 2 is 1.81 bits per heavy atom. The highest BCUT2D eigenvalue weighted by atomic mass is 19.4. The molecule has 42 heavy (non-hydrogen) atoms. The number of aliphatic hydroxyl groups is 1. The molecule has 0 spiro atoms. The molecule has 2 atom stereocenters. The Morgan fingerprint density at radius 3 is 2.50 bits per heavy atom. The first-order valence-electron chi connectivity index (χ1n) is 15.1. The van der Waals surface area contributed by atoms with Gasteiger partial charge in [-0.15, -0.1) is 0 Å². The fraction of sp³-hybridized carbons (Fsp3) is 0.594. The molecule has 2 saturated heterocycles. The van der Waals surface area contributed by atoms with Crippen LogP contribution in [0, 0.1) is 5.92 Å². The van der Waals surface area contributed by atoms with E-state index in [1.807, 2.05) is 31.2 Å². The maximum absolute atomic E-state index is 13.8. The molecule has 0 unspecified atom stereocenters. The number of likely N-dealkylation sites (tertiary alicyclic amines) is 2. The van der Waals surface area contributed by atoms with Gasteiger partial charge >= 0.3 is 6.18 Å². The summed E-state index contributed by atoms with van der Waals surface area (Å²) in [5.41, 5.74) is -0.859. The lowest BCUT2D eigenvalue weighted by Crippen LogP contribution is -2.55. The minimum atomic E-state index is -4.71. The minimum absolute atomic E-state index is 0.115. The van der Waals surface area contributed by atoms with Crippen molar-refractivity contribution in [3.63, 3.8) is 0 Å². The molecule has 7 nitrogen and oxygen atoms in total. The Balaban J connectivity index is 1.44. The number of rotatable bonds is 10. The van der Waals surface area contributed by atoms with Crippen LogP contribution < -0.4 is 0 Å². The van der Waals surface area contributed by atoms with Gasteiger partial charge in [0.2, 0.25) is 5.91 Å². The Morgan fingerprint density at radius 1 is 1.07 bits per heavy atom. The van der Waals surface area contributed by atoms with Crippen molar-refractivity contribution >= 4 is 11.8 Å². The summed E-state index contributed by atoms with van der Waals surface area (Å²) in [6, 6.07) is 9.32. The first-order chi connectivity index (χ1) is 20.1. The molecule has 2 aliphatic rings. The molecule has 2 aromatic rings. The maximum Gasteiger partial charge on any atom is 0.418 e. The van der Waals surface area contributed by atoms with E-state index in [0.29, 0.717) is 64.8 Å². The van der Waals surface area contributed by atoms with Gasteiger partial charge in [0.1, 0.15) is 5.69 Å². The SMILES string of the molecule is CCCCOCCc1ccccc1C1(O)CCN(C(=O)[C@@H]2CCCN(C(=O)c3ncccc3C(F)(F)F)[C@@H]2CC)CC1. The number of piperidine rings is 2. The quantitative estimate of drug-likeness (QED) is 0.365. The second kappa shape index (κ2) is 14.0. The summed E-state index contributed by atoms with van der Waals surface area (Å²) in [6.07, 6.45) is 1.50. The van der Waals surface area contributed by atoms with Crippen LogP contribution in [0.4, 0.5) is 13.2 Å². The summed E-state index contributed by atoms with van der Waals surface area (Å²) in [7, 11) is 0. The molecule has 2 fully saturated rings. The molecule has 3 heterocycles. The summed E-state index contributed by atoms with van der Waals surface area (Å²) in [5.74, 6) is -1.43. The first-order valence-corrected chi connectivity index (χ1v) is 15.1. The number of halogens is 3. The summed E-state index contributed by atoms with van der Waals surface area (Å²) in [4.78, 5) is 34.1. The van der Waals surface area contributed by atoms with Crippen LogP contribution in [-0.2, 0) is 27.7 Å². The van der Waals surface area contributed by atoms with Crippen molar-refractivity contribution in [2.45, 2.75) is 83.0 Å². The van der Waals surface area contributed by atoms with E-state index in [9.17, 15) is 27.9 Å². The number of unbranched alkanes of at least 4 members (excludes halogenated alkanes) is 1. The minimum Gasteiger partial charge on any atom is -0.385 e. The van der Waals surface area contributed by atoms with E-state index in [4.69, 9.17) is 4.74 Å². The summed E-state index contributed by atoms with van der Waals surface area (Å²) >= 11 is 0. The first kappa shape index (κ1) is 31.9. The number of aromatic nitrogens is 1. The second-order valence-corrected chi connectivity index (χ2v) is 11.4. The van der Waals surface area contributed by atoms with Gasteiger partial charge in [-0.3, -0.25) is 14.6 Å². The smallest absolute Gasteiger partial charge is 0.385 e. The number of hydrogen-bond acceptors (Lipinski definition) is 5. The highest BCUT2D eigenvalue weighted by molar-refractivity contribution is 5.95. The van der Waals surface area contributed by atoms with Crippen LogP contribution in [0.15, 0.2) is 42.6 Å². The molecule has 2 aliphatic heterocycles. The molecule has 1 aromatic heterocycles. The van der Waals surface area contributed by atoms with E-state index in [1.165, 1.54) is 11.1 Å². The normalized spacial score (nSPS) is 20.9. The van der Waals surface area contributed by atoms with E-state index in [1.54, 1.807) is 4.90 Å². The standard InChI is InChI=1S/C32H42F3N3O4/c1-3-5-21-42-22-14-23-10-6-7-12-25(23)31(41)15-19-37(20-16-31)29(39)24-11-9-18-38(27(24)4-2)30(40)28-26(32(33,34)35)13-8-17-36-28/h6-8,10,12-13,17,24,27,41H,3-5,9,11,14-16,18-22H2,1-2H3/t24-,27-/m1/s1. The van der Waals surface area contributed by atoms with Crippen molar-refractivity contribution in [1.82, 2.24) is 14.8 Å². The van der Waals surface area contributed by atoms with E-state index >= 15 is 0 Å². The molecular weight excluding hydrogens is 547 g/mol. The van der Waals surface area contributed by atoms with Gasteiger partial charge in [-0.25, -0.2) is 0 Å². The average Bonchev–Trinajstić information content (AvgIpc) is 3.00. The molecule has 10 heteroatoms. The Kier molecular flexibility index (Phi) is 10.6. The number of carbonyl (C=O) groups is 2. The van der Waals surface area contributed by atoms with E-state index in [0.717, 1.165) is 36.1 Å². The maximum atomic E-state index is 13.8. The molecule has 1 N–H and O–H groups in total. The number of hydrogen-bond donors (Lipinski definition) is 1. The van der Waals surface area contributed by atoms with Crippen LogP contribution >= 0.6 is 0 Å². The third kappa shape index (κ3) is 7.14. The van der Waals surface area contributed by atoms with E-state index < -0.39 is 40.9 Å². The lowest BCUT2D eigenvalue weighted by atomic mass is 9.80. The summed E-state index contributed by atoms with van der Waals surface area (Å²) in [5, 5.41) is 11.7. The fourth-order valence-corrected chi connectivity index (χ4v) is 6.37. The van der Waals surface area contributed by atoms with Crippen molar-refractivity contribution < 1.29 is 32.6 Å². The van der Waals surface area contributed by atoms with Gasteiger partial charge < -0.3 is 19.6 Å². The van der Waals surface area contributed by atoms with Gasteiger partial charge in [0.15, 0.2) is 0 Å². The van der Waals surface area contributed by atoms with Gasteiger partial charge in [-0.05, 0) is 68.2 Å². The average molecular weight is 590 g/mol. The summed E-state index contributed by atoms with van der Waals surface area (Å²) < 4.78 is 46.6. The Bertz CT molecular complexity index is 1210. The number of alkyl halides is 3. The molecule has 1 aromatic carbocycles. The Labute approximate surface area is 246 Å². The van der Waals surface area contributed by atoms with Crippen LogP contribution in [0.2, 0.25) is 0 Å². The van der Waals surface area contributed by atoms with Crippen molar-refractivity contribution in [3.8, 4) is 0 Å². The van der Waals surface area contributed by atoms with E-state index in [-0.39, 0.29) is 12.5 Å². The van der Waals surface area contributed by atoms with E-state index in [2.05, 4.69) is 11.9 Å². The number of carbonyl (C=O) groups excluding carboxylic acids is 2. The molecule has 230 valence electrons. The molecular formula is C32H42F3N3O4. The predicted molar refractivity (Wildman–Crippen MR) is 153 cm³/mol. The van der Waals surface area contributed by atoms with Gasteiger partial charge in [-0.1, -0.05) is 44.5 Å². The van der Waals surface area contributed by atoms with Gasteiger partial charge in [0, 0.05) is 38.5 Å². The molecule has 0 saturated carbocycles. The van der Waals surface area contributed by atoms with Crippen LogP contribution in [0.3, 0.4) is 0 Å². The number of pyridine rings is 1. The zero-order chi connectivity index (χ0) is 30.3. The van der Waals surface area contributed by atoms with Gasteiger partial charge in [0.05, 0.1) is 23.7 Å². The topological polar surface area (TPSA) is 83.0 Å². The van der Waals surface area contributed by atoms with Crippen molar-refractivity contribution in [2.24, 2.45) is 5.92 Å². The van der Waals surface area contributed by atoms with Gasteiger partial charge in [0.25, 0.3) is 5.91 Å². The van der Waals surface area contributed by atoms with Crippen molar-refractivity contribution in [3.05, 3.63) is 65.0 Å². The molecule has 0 aliphatic carbocycles. The third-order valence-corrected chi connectivity index (χ3v) is 8.67. The zero-order valence-corrected chi connectivity index (χ0v) is 24.5. The second-order valence-electron chi connectivity index (χ2n) is 11.4. The molecule has 0 bridgehead atoms. The highest BCUT2D eigenvalue weighted by Crippen LogP contribution is 2.38. The lowest BCUT2D eigenvalue weighted by molar-refractivity contribution is -0.144. The Hall–Kier alpha value is -2.98.